The minimum atomic E-state index is -0.289. The molecule has 1 heterocycles. The van der Waals surface area contributed by atoms with Gasteiger partial charge in [-0.3, -0.25) is 0 Å². The van der Waals surface area contributed by atoms with E-state index in [1.807, 2.05) is 7.05 Å². The van der Waals surface area contributed by atoms with Crippen LogP contribution in [0.3, 0.4) is 0 Å². The first-order valence-electron chi connectivity index (χ1n) is 5.79. The molecule has 0 aliphatic carbocycles. The van der Waals surface area contributed by atoms with E-state index in [4.69, 9.17) is 11.6 Å². The van der Waals surface area contributed by atoms with Crippen LogP contribution in [0.4, 0.5) is 10.1 Å². The molecule has 2 aromatic rings. The van der Waals surface area contributed by atoms with Crippen molar-refractivity contribution in [2.45, 2.75) is 20.4 Å². The molecule has 2 rings (SSSR count). The fourth-order valence-electron chi connectivity index (χ4n) is 1.94. The predicted octanol–water partition coefficient (Wildman–Crippen LogP) is 4.05. The van der Waals surface area contributed by atoms with E-state index in [9.17, 15) is 4.39 Å². The van der Waals surface area contributed by atoms with Gasteiger partial charge in [0.2, 0.25) is 0 Å². The molecule has 1 aromatic carbocycles. The lowest BCUT2D eigenvalue weighted by Crippen LogP contribution is -2.02. The highest BCUT2D eigenvalue weighted by Crippen LogP contribution is 2.23. The molecule has 4 heteroatoms. The zero-order chi connectivity index (χ0) is 13.3. The molecule has 0 fully saturated rings. The first-order valence-corrected chi connectivity index (χ1v) is 6.17. The second-order valence-corrected chi connectivity index (χ2v) is 4.84. The van der Waals surface area contributed by atoms with Crippen molar-refractivity contribution in [2.75, 3.05) is 5.32 Å². The van der Waals surface area contributed by atoms with Gasteiger partial charge in [-0.1, -0.05) is 11.6 Å². The SMILES string of the molecule is Cc1cc(CNc2cc(F)ccc2Cl)c(C)n1C. The van der Waals surface area contributed by atoms with E-state index < -0.39 is 0 Å². The molecule has 0 unspecified atom stereocenters. The molecule has 0 aliphatic rings. The lowest BCUT2D eigenvalue weighted by Gasteiger charge is -2.08. The minimum absolute atomic E-state index is 0.289. The molecule has 18 heavy (non-hydrogen) atoms. The van der Waals surface area contributed by atoms with Crippen LogP contribution in [0.15, 0.2) is 24.3 Å². The number of hydrogen-bond acceptors (Lipinski definition) is 1. The summed E-state index contributed by atoms with van der Waals surface area (Å²) >= 11 is 6.00. The summed E-state index contributed by atoms with van der Waals surface area (Å²) in [5.41, 5.74) is 4.22. The van der Waals surface area contributed by atoms with E-state index in [1.165, 1.54) is 29.1 Å². The van der Waals surface area contributed by atoms with Gasteiger partial charge < -0.3 is 9.88 Å². The first-order chi connectivity index (χ1) is 8.49. The Balaban J connectivity index is 2.16. The summed E-state index contributed by atoms with van der Waals surface area (Å²) in [5.74, 6) is -0.289. The van der Waals surface area contributed by atoms with Crippen molar-refractivity contribution >= 4 is 17.3 Å². The number of halogens is 2. The summed E-state index contributed by atoms with van der Waals surface area (Å²) < 4.78 is 15.2. The van der Waals surface area contributed by atoms with Crippen LogP contribution in [-0.4, -0.2) is 4.57 Å². The molecule has 0 bridgehead atoms. The maximum Gasteiger partial charge on any atom is 0.125 e. The fourth-order valence-corrected chi connectivity index (χ4v) is 2.12. The van der Waals surface area contributed by atoms with Gasteiger partial charge in [0.15, 0.2) is 0 Å². The van der Waals surface area contributed by atoms with Crippen molar-refractivity contribution in [3.8, 4) is 0 Å². The standard InChI is InChI=1S/C14H16ClFN2/c1-9-6-11(10(2)18(9)3)8-17-14-7-12(16)4-5-13(14)15/h4-7,17H,8H2,1-3H3. The van der Waals surface area contributed by atoms with Gasteiger partial charge in [0.1, 0.15) is 5.82 Å². The molecular weight excluding hydrogens is 251 g/mol. The highest BCUT2D eigenvalue weighted by Gasteiger charge is 2.07. The summed E-state index contributed by atoms with van der Waals surface area (Å²) in [4.78, 5) is 0. The van der Waals surface area contributed by atoms with Crippen LogP contribution in [0.1, 0.15) is 17.0 Å². The monoisotopic (exact) mass is 266 g/mol. The van der Waals surface area contributed by atoms with Gasteiger partial charge in [0, 0.05) is 25.0 Å². The minimum Gasteiger partial charge on any atom is -0.380 e. The molecule has 1 N–H and O–H groups in total. The zero-order valence-electron chi connectivity index (χ0n) is 10.7. The average Bonchev–Trinajstić information content (AvgIpc) is 2.58. The van der Waals surface area contributed by atoms with Crippen molar-refractivity contribution < 1.29 is 4.39 Å². The first kappa shape index (κ1) is 13.0. The van der Waals surface area contributed by atoms with E-state index in [0.717, 1.165) is 0 Å². The van der Waals surface area contributed by atoms with Gasteiger partial charge in [-0.15, -0.1) is 0 Å². The molecule has 0 amide bonds. The lowest BCUT2D eigenvalue weighted by molar-refractivity contribution is 0.628. The molecule has 96 valence electrons. The second kappa shape index (κ2) is 5.02. The highest BCUT2D eigenvalue weighted by atomic mass is 35.5. The third kappa shape index (κ3) is 2.51. The van der Waals surface area contributed by atoms with Crippen molar-refractivity contribution in [3.63, 3.8) is 0 Å². The number of benzene rings is 1. The Morgan fingerprint density at radius 2 is 2.00 bits per heavy atom. The van der Waals surface area contributed by atoms with Crippen molar-refractivity contribution in [1.29, 1.82) is 0 Å². The Bertz CT molecular complexity index is 575. The fraction of sp³-hybridized carbons (Fsp3) is 0.286. The van der Waals surface area contributed by atoms with Crippen LogP contribution >= 0.6 is 11.6 Å². The smallest absolute Gasteiger partial charge is 0.125 e. The Kier molecular flexibility index (Phi) is 3.62. The number of hydrogen-bond donors (Lipinski definition) is 1. The molecule has 0 saturated carbocycles. The molecule has 0 spiro atoms. The quantitative estimate of drug-likeness (QED) is 0.887. The van der Waals surface area contributed by atoms with Crippen molar-refractivity contribution in [2.24, 2.45) is 7.05 Å². The summed E-state index contributed by atoms with van der Waals surface area (Å²) in [7, 11) is 2.03. The number of nitrogens with one attached hydrogen (secondary N) is 1. The van der Waals surface area contributed by atoms with E-state index in [-0.39, 0.29) is 5.82 Å². The molecule has 0 saturated heterocycles. The number of aromatic nitrogens is 1. The normalized spacial score (nSPS) is 10.7. The third-order valence-electron chi connectivity index (χ3n) is 3.28. The largest absolute Gasteiger partial charge is 0.380 e. The third-order valence-corrected chi connectivity index (χ3v) is 3.61. The Morgan fingerprint density at radius 3 is 2.61 bits per heavy atom. The van der Waals surface area contributed by atoms with Crippen LogP contribution < -0.4 is 5.32 Å². The van der Waals surface area contributed by atoms with E-state index in [2.05, 4.69) is 29.8 Å². The Morgan fingerprint density at radius 1 is 1.28 bits per heavy atom. The van der Waals surface area contributed by atoms with Gasteiger partial charge in [0.05, 0.1) is 10.7 Å². The number of rotatable bonds is 3. The predicted molar refractivity (Wildman–Crippen MR) is 73.6 cm³/mol. The Hall–Kier alpha value is -1.48. The van der Waals surface area contributed by atoms with Gasteiger partial charge in [-0.05, 0) is 43.7 Å². The van der Waals surface area contributed by atoms with Gasteiger partial charge >= 0.3 is 0 Å². The number of aryl methyl sites for hydroxylation is 1. The topological polar surface area (TPSA) is 17.0 Å². The summed E-state index contributed by atoms with van der Waals surface area (Å²) in [6.45, 7) is 4.76. The van der Waals surface area contributed by atoms with Crippen molar-refractivity contribution in [1.82, 2.24) is 4.57 Å². The van der Waals surface area contributed by atoms with E-state index >= 15 is 0 Å². The Labute approximate surface area is 111 Å². The molecule has 0 aliphatic heterocycles. The maximum absolute atomic E-state index is 13.1. The lowest BCUT2D eigenvalue weighted by atomic mass is 10.2. The van der Waals surface area contributed by atoms with Crippen LogP contribution in [-0.2, 0) is 13.6 Å². The van der Waals surface area contributed by atoms with Crippen molar-refractivity contribution in [3.05, 3.63) is 52.1 Å². The maximum atomic E-state index is 13.1. The van der Waals surface area contributed by atoms with Crippen LogP contribution in [0.2, 0.25) is 5.02 Å². The summed E-state index contributed by atoms with van der Waals surface area (Å²) in [6, 6.07) is 6.44. The molecule has 2 nitrogen and oxygen atoms in total. The zero-order valence-corrected chi connectivity index (χ0v) is 11.5. The molecule has 0 atom stereocenters. The summed E-state index contributed by atoms with van der Waals surface area (Å²) in [5, 5.41) is 3.70. The number of anilines is 1. The molecule has 0 radical (unpaired) electrons. The van der Waals surface area contributed by atoms with Gasteiger partial charge in [0.25, 0.3) is 0 Å². The molecular formula is C14H16ClFN2. The second-order valence-electron chi connectivity index (χ2n) is 4.43. The summed E-state index contributed by atoms with van der Waals surface area (Å²) in [6.07, 6.45) is 0. The average molecular weight is 267 g/mol. The van der Waals surface area contributed by atoms with Gasteiger partial charge in [-0.25, -0.2) is 4.39 Å². The number of nitrogens with zero attached hydrogens (tertiary/aromatic N) is 1. The van der Waals surface area contributed by atoms with Crippen LogP contribution in [0.5, 0.6) is 0 Å². The molecule has 1 aromatic heterocycles. The van der Waals surface area contributed by atoms with Crippen LogP contribution in [0.25, 0.3) is 0 Å². The highest BCUT2D eigenvalue weighted by molar-refractivity contribution is 6.33. The van der Waals surface area contributed by atoms with E-state index in [1.54, 1.807) is 6.07 Å². The van der Waals surface area contributed by atoms with Crippen LogP contribution in [0, 0.1) is 19.7 Å². The van der Waals surface area contributed by atoms with E-state index in [0.29, 0.717) is 17.3 Å². The van der Waals surface area contributed by atoms with Gasteiger partial charge in [-0.2, -0.15) is 0 Å².